The van der Waals surface area contributed by atoms with Crippen LogP contribution in [0.2, 0.25) is 0 Å². The van der Waals surface area contributed by atoms with Gasteiger partial charge in [0.2, 0.25) is 0 Å². The minimum atomic E-state index is 0.727. The molecule has 2 unspecified atom stereocenters. The molecule has 1 N–H and O–H groups in total. The van der Waals surface area contributed by atoms with Crippen LogP contribution in [0.4, 0.5) is 0 Å². The molecule has 1 saturated heterocycles. The third-order valence-electron chi connectivity index (χ3n) is 3.04. The Morgan fingerprint density at radius 3 is 2.85 bits per heavy atom. The van der Waals surface area contributed by atoms with Crippen molar-refractivity contribution < 1.29 is 0 Å². The lowest BCUT2D eigenvalue weighted by molar-refractivity contribution is 0.216. The number of hydrogen-bond acceptors (Lipinski definition) is 2. The molecular weight excluding hydrogens is 160 g/mol. The van der Waals surface area contributed by atoms with Crippen molar-refractivity contribution in [2.75, 3.05) is 26.7 Å². The topological polar surface area (TPSA) is 15.3 Å². The van der Waals surface area contributed by atoms with Gasteiger partial charge in [0.05, 0.1) is 0 Å². The number of nitrogens with zero attached hydrogens (tertiary/aromatic N) is 1. The molecule has 0 aromatic carbocycles. The Kier molecular flexibility index (Phi) is 4.74. The summed E-state index contributed by atoms with van der Waals surface area (Å²) in [4.78, 5) is 2.44. The number of rotatable bonds is 4. The molecule has 0 bridgehead atoms. The van der Waals surface area contributed by atoms with Crippen LogP contribution >= 0.6 is 0 Å². The van der Waals surface area contributed by atoms with Gasteiger partial charge in [-0.1, -0.05) is 13.8 Å². The lowest BCUT2D eigenvalue weighted by atomic mass is 9.92. The Labute approximate surface area is 82.7 Å². The highest BCUT2D eigenvalue weighted by molar-refractivity contribution is 4.80. The third kappa shape index (κ3) is 3.65. The first-order valence-electron chi connectivity index (χ1n) is 5.66. The Morgan fingerprint density at radius 2 is 2.23 bits per heavy atom. The number of nitrogens with one attached hydrogen (secondary N) is 1. The summed E-state index contributed by atoms with van der Waals surface area (Å²) >= 11 is 0. The van der Waals surface area contributed by atoms with Crippen LogP contribution in [0.25, 0.3) is 0 Å². The third-order valence-corrected chi connectivity index (χ3v) is 3.04. The molecule has 0 aromatic heterocycles. The predicted octanol–water partition coefficient (Wildman–Crippen LogP) is 1.72. The summed E-state index contributed by atoms with van der Waals surface area (Å²) < 4.78 is 0. The Hall–Kier alpha value is -0.0800. The fraction of sp³-hybridized carbons (Fsp3) is 1.00. The van der Waals surface area contributed by atoms with Gasteiger partial charge in [-0.3, -0.25) is 0 Å². The molecule has 0 saturated carbocycles. The van der Waals surface area contributed by atoms with Crippen molar-refractivity contribution in [3.8, 4) is 0 Å². The molecular formula is C11H24N2. The van der Waals surface area contributed by atoms with Crippen LogP contribution in [0.5, 0.6) is 0 Å². The van der Waals surface area contributed by atoms with E-state index in [1.54, 1.807) is 0 Å². The van der Waals surface area contributed by atoms with E-state index >= 15 is 0 Å². The molecule has 2 nitrogen and oxygen atoms in total. The van der Waals surface area contributed by atoms with E-state index in [-0.39, 0.29) is 0 Å². The van der Waals surface area contributed by atoms with Crippen molar-refractivity contribution in [3.05, 3.63) is 0 Å². The van der Waals surface area contributed by atoms with Crippen molar-refractivity contribution in [1.82, 2.24) is 10.2 Å². The first-order valence-corrected chi connectivity index (χ1v) is 5.66. The van der Waals surface area contributed by atoms with Crippen LogP contribution in [0.1, 0.15) is 33.1 Å². The van der Waals surface area contributed by atoms with Crippen molar-refractivity contribution in [2.45, 2.75) is 39.2 Å². The molecule has 1 aliphatic heterocycles. The van der Waals surface area contributed by atoms with E-state index in [2.05, 4.69) is 31.1 Å². The average molecular weight is 184 g/mol. The zero-order valence-corrected chi connectivity index (χ0v) is 9.34. The van der Waals surface area contributed by atoms with Crippen LogP contribution in [-0.4, -0.2) is 37.6 Å². The standard InChI is InChI=1S/C11H24N2/c1-4-8-13(3)9-11-10(2)6-5-7-12-11/h10-12H,4-9H2,1-3H3. The predicted molar refractivity (Wildman–Crippen MR) is 58.0 cm³/mol. The van der Waals surface area contributed by atoms with Crippen LogP contribution in [0.3, 0.4) is 0 Å². The Bertz CT molecular complexity index is 136. The monoisotopic (exact) mass is 184 g/mol. The van der Waals surface area contributed by atoms with Gasteiger partial charge in [-0.15, -0.1) is 0 Å². The molecule has 2 atom stereocenters. The maximum Gasteiger partial charge on any atom is 0.0220 e. The summed E-state index contributed by atoms with van der Waals surface area (Å²) in [6, 6.07) is 0.727. The van der Waals surface area contributed by atoms with Gasteiger partial charge in [0.25, 0.3) is 0 Å². The quantitative estimate of drug-likeness (QED) is 0.715. The second-order valence-electron chi connectivity index (χ2n) is 4.44. The first kappa shape index (κ1) is 11.0. The molecule has 1 heterocycles. The largest absolute Gasteiger partial charge is 0.312 e. The van der Waals surface area contributed by atoms with E-state index in [4.69, 9.17) is 0 Å². The van der Waals surface area contributed by atoms with Crippen LogP contribution in [-0.2, 0) is 0 Å². The molecule has 78 valence electrons. The molecule has 0 aromatic rings. The van der Waals surface area contributed by atoms with E-state index in [1.165, 1.54) is 38.9 Å². The van der Waals surface area contributed by atoms with Crippen LogP contribution in [0, 0.1) is 5.92 Å². The SMILES string of the molecule is CCCN(C)CC1NCCCC1C. The van der Waals surface area contributed by atoms with Gasteiger partial charge < -0.3 is 10.2 Å². The van der Waals surface area contributed by atoms with Gasteiger partial charge in [-0.05, 0) is 45.3 Å². The normalized spacial score (nSPS) is 29.5. The van der Waals surface area contributed by atoms with E-state index in [0.717, 1.165) is 12.0 Å². The second kappa shape index (κ2) is 5.61. The minimum absolute atomic E-state index is 0.727. The lowest BCUT2D eigenvalue weighted by Crippen LogP contribution is -2.47. The molecule has 1 rings (SSSR count). The van der Waals surface area contributed by atoms with Crippen molar-refractivity contribution >= 4 is 0 Å². The van der Waals surface area contributed by atoms with Crippen LogP contribution in [0.15, 0.2) is 0 Å². The van der Waals surface area contributed by atoms with Gasteiger partial charge in [0.1, 0.15) is 0 Å². The maximum absolute atomic E-state index is 3.62. The zero-order chi connectivity index (χ0) is 9.68. The minimum Gasteiger partial charge on any atom is -0.312 e. The van der Waals surface area contributed by atoms with Crippen molar-refractivity contribution in [3.63, 3.8) is 0 Å². The molecule has 13 heavy (non-hydrogen) atoms. The van der Waals surface area contributed by atoms with Crippen molar-refractivity contribution in [2.24, 2.45) is 5.92 Å². The maximum atomic E-state index is 3.62. The van der Waals surface area contributed by atoms with Crippen LogP contribution < -0.4 is 5.32 Å². The van der Waals surface area contributed by atoms with E-state index < -0.39 is 0 Å². The van der Waals surface area contributed by atoms with Gasteiger partial charge in [0.15, 0.2) is 0 Å². The van der Waals surface area contributed by atoms with E-state index in [1.807, 2.05) is 0 Å². The molecule has 0 spiro atoms. The molecule has 1 aliphatic rings. The van der Waals surface area contributed by atoms with E-state index in [9.17, 15) is 0 Å². The second-order valence-corrected chi connectivity index (χ2v) is 4.44. The molecule has 0 aliphatic carbocycles. The highest BCUT2D eigenvalue weighted by atomic mass is 15.1. The first-order chi connectivity index (χ1) is 6.24. The molecule has 0 radical (unpaired) electrons. The fourth-order valence-corrected chi connectivity index (χ4v) is 2.17. The number of hydrogen-bond donors (Lipinski definition) is 1. The molecule has 2 heteroatoms. The Balaban J connectivity index is 2.25. The zero-order valence-electron chi connectivity index (χ0n) is 9.34. The summed E-state index contributed by atoms with van der Waals surface area (Å²) in [6.07, 6.45) is 4.02. The van der Waals surface area contributed by atoms with Gasteiger partial charge in [-0.25, -0.2) is 0 Å². The lowest BCUT2D eigenvalue weighted by Gasteiger charge is -2.33. The van der Waals surface area contributed by atoms with Gasteiger partial charge >= 0.3 is 0 Å². The van der Waals surface area contributed by atoms with Crippen molar-refractivity contribution in [1.29, 1.82) is 0 Å². The number of piperidine rings is 1. The highest BCUT2D eigenvalue weighted by Crippen LogP contribution is 2.15. The van der Waals surface area contributed by atoms with Gasteiger partial charge in [-0.2, -0.15) is 0 Å². The van der Waals surface area contributed by atoms with E-state index in [0.29, 0.717) is 0 Å². The average Bonchev–Trinajstić information content (AvgIpc) is 2.09. The fourth-order valence-electron chi connectivity index (χ4n) is 2.17. The highest BCUT2D eigenvalue weighted by Gasteiger charge is 2.21. The number of likely N-dealkylation sites (N-methyl/N-ethyl adjacent to an activating group) is 1. The summed E-state index contributed by atoms with van der Waals surface area (Å²) in [6.45, 7) is 8.28. The molecule has 1 fully saturated rings. The Morgan fingerprint density at radius 1 is 1.46 bits per heavy atom. The summed E-state index contributed by atoms with van der Waals surface area (Å²) in [5, 5.41) is 3.62. The summed E-state index contributed by atoms with van der Waals surface area (Å²) in [5.74, 6) is 0.855. The van der Waals surface area contributed by atoms with Gasteiger partial charge in [0, 0.05) is 12.6 Å². The molecule has 0 amide bonds. The summed E-state index contributed by atoms with van der Waals surface area (Å²) in [7, 11) is 2.23. The smallest absolute Gasteiger partial charge is 0.0220 e. The summed E-state index contributed by atoms with van der Waals surface area (Å²) in [5.41, 5.74) is 0.